The van der Waals surface area contributed by atoms with Gasteiger partial charge in [-0.25, -0.2) is 4.39 Å². The van der Waals surface area contributed by atoms with Crippen LogP contribution in [-0.4, -0.2) is 76.2 Å². The Kier molecular flexibility index (Phi) is 8.64. The summed E-state index contributed by atoms with van der Waals surface area (Å²) >= 11 is 0. The molecule has 5 N–H and O–H groups in total. The molecule has 1 aliphatic rings. The number of carbonyl (C=O) groups excluding carboxylic acids is 1. The van der Waals surface area contributed by atoms with E-state index in [1.165, 1.54) is 12.1 Å². The van der Waals surface area contributed by atoms with E-state index < -0.39 is 0 Å². The standard InChI is InChI=1S/C36H38FN9O/c1-46(2)12-11-40-27-15-24(14-26(37)18-27)35-30-19-33(43-31(30)7-10-41-35)36-29-17-23(3-4-32(29)44-45-36)25-16-28(21-39-20-25)42-34(47)13-22-5-8-38-9-6-22/h3-4,7,10,14-22,38,40,43H,5-6,8-9,11-13H2,1-2H3,(H,42,47)(H,44,45). The van der Waals surface area contributed by atoms with Gasteiger partial charge in [-0.15, -0.1) is 0 Å². The second-order valence-electron chi connectivity index (χ2n) is 12.5. The van der Waals surface area contributed by atoms with Gasteiger partial charge in [-0.05, 0) is 100 Å². The van der Waals surface area contributed by atoms with Gasteiger partial charge in [0.15, 0.2) is 0 Å². The topological polar surface area (TPSA) is 127 Å². The van der Waals surface area contributed by atoms with E-state index in [9.17, 15) is 9.18 Å². The third-order valence-electron chi connectivity index (χ3n) is 8.71. The molecule has 0 aliphatic carbocycles. The lowest BCUT2D eigenvalue weighted by molar-refractivity contribution is -0.117. The maximum Gasteiger partial charge on any atom is 0.224 e. The highest BCUT2D eigenvalue weighted by Crippen LogP contribution is 2.35. The number of amides is 1. The van der Waals surface area contributed by atoms with Crippen LogP contribution >= 0.6 is 0 Å². The molecule has 1 saturated heterocycles. The number of aromatic amines is 2. The summed E-state index contributed by atoms with van der Waals surface area (Å²) in [7, 11) is 4.01. The molecule has 6 aromatic rings. The lowest BCUT2D eigenvalue weighted by atomic mass is 9.94. The monoisotopic (exact) mass is 631 g/mol. The van der Waals surface area contributed by atoms with Crippen molar-refractivity contribution in [3.8, 4) is 33.8 Å². The van der Waals surface area contributed by atoms with E-state index in [0.717, 1.165) is 76.8 Å². The quantitative estimate of drug-likeness (QED) is 0.121. The minimum absolute atomic E-state index is 0.0196. The molecule has 0 spiro atoms. The van der Waals surface area contributed by atoms with Gasteiger partial charge in [-0.2, -0.15) is 5.10 Å². The second kappa shape index (κ2) is 13.3. The van der Waals surface area contributed by atoms with Crippen LogP contribution in [0.3, 0.4) is 0 Å². The van der Waals surface area contributed by atoms with Gasteiger partial charge in [0, 0.05) is 65.0 Å². The summed E-state index contributed by atoms with van der Waals surface area (Å²) in [5.74, 6) is 0.105. The highest BCUT2D eigenvalue weighted by molar-refractivity contribution is 6.01. The van der Waals surface area contributed by atoms with Gasteiger partial charge in [0.2, 0.25) is 5.91 Å². The van der Waals surface area contributed by atoms with Gasteiger partial charge in [0.1, 0.15) is 11.5 Å². The first-order valence-corrected chi connectivity index (χ1v) is 16.0. The third-order valence-corrected chi connectivity index (χ3v) is 8.71. The maximum atomic E-state index is 14.7. The molecule has 0 unspecified atom stereocenters. The van der Waals surface area contributed by atoms with Crippen molar-refractivity contribution in [3.05, 3.63) is 79.0 Å². The number of nitrogens with zero attached hydrogens (tertiary/aromatic N) is 4. The van der Waals surface area contributed by atoms with Crippen molar-refractivity contribution in [2.45, 2.75) is 19.3 Å². The molecule has 240 valence electrons. The molecule has 4 aromatic heterocycles. The van der Waals surface area contributed by atoms with Crippen molar-refractivity contribution in [1.82, 2.24) is 35.4 Å². The molecule has 10 nitrogen and oxygen atoms in total. The molecule has 7 rings (SSSR count). The van der Waals surface area contributed by atoms with Crippen molar-refractivity contribution in [2.75, 3.05) is 50.9 Å². The van der Waals surface area contributed by atoms with Crippen LogP contribution in [0.4, 0.5) is 15.8 Å². The number of aromatic nitrogens is 5. The molecule has 2 aromatic carbocycles. The minimum Gasteiger partial charge on any atom is -0.384 e. The van der Waals surface area contributed by atoms with Crippen molar-refractivity contribution >= 4 is 39.1 Å². The molecular weight excluding hydrogens is 593 g/mol. The summed E-state index contributed by atoms with van der Waals surface area (Å²) in [6.07, 6.45) is 7.77. The number of hydrogen-bond acceptors (Lipinski definition) is 7. The summed E-state index contributed by atoms with van der Waals surface area (Å²) in [6.45, 7) is 3.46. The predicted molar refractivity (Wildman–Crippen MR) is 186 cm³/mol. The van der Waals surface area contributed by atoms with Crippen LogP contribution in [0.1, 0.15) is 19.3 Å². The number of halogens is 1. The molecule has 5 heterocycles. The van der Waals surface area contributed by atoms with E-state index in [-0.39, 0.29) is 11.7 Å². The number of H-pyrrole nitrogens is 2. The van der Waals surface area contributed by atoms with E-state index in [1.807, 2.05) is 50.5 Å². The number of piperidine rings is 1. The van der Waals surface area contributed by atoms with Crippen LogP contribution in [0.15, 0.2) is 73.2 Å². The normalized spacial score (nSPS) is 13.9. The Hall–Kier alpha value is -5.13. The van der Waals surface area contributed by atoms with Gasteiger partial charge in [0.05, 0.1) is 28.8 Å². The number of benzene rings is 2. The Morgan fingerprint density at radius 2 is 1.74 bits per heavy atom. The summed E-state index contributed by atoms with van der Waals surface area (Å²) in [5, 5.41) is 19.3. The molecule has 1 fully saturated rings. The maximum absolute atomic E-state index is 14.7. The fourth-order valence-corrected chi connectivity index (χ4v) is 6.29. The Bertz CT molecular complexity index is 2040. The van der Waals surface area contributed by atoms with Gasteiger partial charge >= 0.3 is 0 Å². The molecule has 1 amide bonds. The molecule has 0 radical (unpaired) electrons. The van der Waals surface area contributed by atoms with Crippen LogP contribution in [0, 0.1) is 11.7 Å². The number of likely N-dealkylation sites (N-methyl/N-ethyl adjacent to an activating group) is 1. The third kappa shape index (κ3) is 6.86. The van der Waals surface area contributed by atoms with Crippen LogP contribution in [0.2, 0.25) is 0 Å². The first-order chi connectivity index (χ1) is 22.9. The van der Waals surface area contributed by atoms with Gasteiger partial charge in [-0.1, -0.05) is 6.07 Å². The van der Waals surface area contributed by atoms with E-state index in [0.29, 0.717) is 41.5 Å². The van der Waals surface area contributed by atoms with E-state index in [2.05, 4.69) is 52.1 Å². The van der Waals surface area contributed by atoms with Crippen molar-refractivity contribution in [3.63, 3.8) is 0 Å². The fourth-order valence-electron chi connectivity index (χ4n) is 6.29. The zero-order valence-corrected chi connectivity index (χ0v) is 26.5. The summed E-state index contributed by atoms with van der Waals surface area (Å²) in [4.78, 5) is 27.4. The SMILES string of the molecule is CN(C)CCNc1cc(F)cc(-c2nccc3[nH]c(-c4n[nH]c5ccc(-c6cncc(NC(=O)CC7CCNCC7)c6)cc45)cc23)c1. The lowest BCUT2D eigenvalue weighted by Crippen LogP contribution is -2.30. The number of rotatable bonds is 10. The van der Waals surface area contributed by atoms with E-state index >= 15 is 0 Å². The average molecular weight is 632 g/mol. The van der Waals surface area contributed by atoms with Crippen LogP contribution in [-0.2, 0) is 4.79 Å². The van der Waals surface area contributed by atoms with Crippen LogP contribution in [0.5, 0.6) is 0 Å². The Labute approximate surface area is 272 Å². The average Bonchev–Trinajstić information content (AvgIpc) is 3.69. The Morgan fingerprint density at radius 1 is 0.915 bits per heavy atom. The number of anilines is 2. The molecule has 0 saturated carbocycles. The van der Waals surface area contributed by atoms with Crippen LogP contribution in [0.25, 0.3) is 55.6 Å². The first-order valence-electron chi connectivity index (χ1n) is 16.0. The van der Waals surface area contributed by atoms with E-state index in [4.69, 9.17) is 0 Å². The smallest absolute Gasteiger partial charge is 0.224 e. The zero-order valence-electron chi connectivity index (χ0n) is 26.5. The van der Waals surface area contributed by atoms with Gasteiger partial charge < -0.3 is 25.8 Å². The molecule has 0 bridgehead atoms. The first kappa shape index (κ1) is 30.5. The highest BCUT2D eigenvalue weighted by Gasteiger charge is 2.18. The number of nitrogens with one attached hydrogen (secondary N) is 5. The van der Waals surface area contributed by atoms with Gasteiger partial charge in [0.25, 0.3) is 0 Å². The Balaban J connectivity index is 1.16. The Morgan fingerprint density at radius 3 is 2.60 bits per heavy atom. The van der Waals surface area contributed by atoms with Crippen LogP contribution < -0.4 is 16.0 Å². The molecule has 0 atom stereocenters. The van der Waals surface area contributed by atoms with Gasteiger partial charge in [-0.3, -0.25) is 19.9 Å². The molecule has 1 aliphatic heterocycles. The molecular formula is C36H38FN9O. The molecule has 11 heteroatoms. The van der Waals surface area contributed by atoms with Crippen molar-refractivity contribution in [1.29, 1.82) is 0 Å². The second-order valence-corrected chi connectivity index (χ2v) is 12.5. The van der Waals surface area contributed by atoms with E-state index in [1.54, 1.807) is 18.6 Å². The summed E-state index contributed by atoms with van der Waals surface area (Å²) in [5.41, 5.74) is 7.95. The lowest BCUT2D eigenvalue weighted by Gasteiger charge is -2.21. The van der Waals surface area contributed by atoms with Crippen molar-refractivity contribution in [2.24, 2.45) is 5.92 Å². The predicted octanol–water partition coefficient (Wildman–Crippen LogP) is 6.28. The summed E-state index contributed by atoms with van der Waals surface area (Å²) < 4.78 is 14.7. The highest BCUT2D eigenvalue weighted by atomic mass is 19.1. The fraction of sp³-hybridized carbons (Fsp3) is 0.278. The summed E-state index contributed by atoms with van der Waals surface area (Å²) in [6, 6.07) is 16.9. The minimum atomic E-state index is -0.324. The number of carbonyl (C=O) groups is 1. The zero-order chi connectivity index (χ0) is 32.3. The number of hydrogen-bond donors (Lipinski definition) is 5. The molecule has 47 heavy (non-hydrogen) atoms. The number of pyridine rings is 2. The largest absolute Gasteiger partial charge is 0.384 e. The number of fused-ring (bicyclic) bond motifs is 2. The van der Waals surface area contributed by atoms with Crippen molar-refractivity contribution < 1.29 is 9.18 Å².